The highest BCUT2D eigenvalue weighted by Gasteiger charge is 2.14. The number of pyridine rings is 2. The third kappa shape index (κ3) is 2.08. The van der Waals surface area contributed by atoms with Gasteiger partial charge in [0, 0.05) is 23.3 Å². The molecule has 0 fully saturated rings. The zero-order chi connectivity index (χ0) is 13.2. The summed E-state index contributed by atoms with van der Waals surface area (Å²) in [7, 11) is 0. The molecule has 1 aromatic carbocycles. The number of carbonyl (C=O) groups excluding carboxylic acids is 1. The highest BCUT2D eigenvalue weighted by atomic mass is 19.1. The molecule has 0 saturated heterocycles. The molecular formula is C15H9FN2O. The molecule has 3 rings (SSSR count). The standard InChI is InChI=1S/C15H9FN2O/c16-13-9-17-7-5-12(13)15(19)11-4-3-10-2-1-6-18-14(10)8-11/h1-9H. The molecule has 2 aromatic heterocycles. The molecule has 0 saturated carbocycles. The number of carbonyl (C=O) groups is 1. The van der Waals surface area contributed by atoms with Crippen molar-refractivity contribution in [3.8, 4) is 0 Å². The summed E-state index contributed by atoms with van der Waals surface area (Å²) in [5, 5.41) is 0.939. The van der Waals surface area contributed by atoms with Gasteiger partial charge >= 0.3 is 0 Å². The molecule has 0 N–H and O–H groups in total. The fourth-order valence-electron chi connectivity index (χ4n) is 1.92. The molecule has 0 radical (unpaired) electrons. The first kappa shape index (κ1) is 11.5. The molecule has 4 heteroatoms. The number of rotatable bonds is 2. The molecule has 0 aliphatic rings. The summed E-state index contributed by atoms with van der Waals surface area (Å²) in [6.45, 7) is 0. The number of benzene rings is 1. The van der Waals surface area contributed by atoms with Crippen LogP contribution in [0, 0.1) is 5.82 Å². The fraction of sp³-hybridized carbons (Fsp3) is 0. The summed E-state index contributed by atoms with van der Waals surface area (Å²) in [6, 6.07) is 10.2. The average molecular weight is 252 g/mol. The van der Waals surface area contributed by atoms with Crippen LogP contribution in [0.2, 0.25) is 0 Å². The Morgan fingerprint density at radius 3 is 2.84 bits per heavy atom. The number of ketones is 1. The first-order valence-corrected chi connectivity index (χ1v) is 5.75. The summed E-state index contributed by atoms with van der Waals surface area (Å²) < 4.78 is 13.5. The maximum absolute atomic E-state index is 13.5. The van der Waals surface area contributed by atoms with Crippen LogP contribution in [-0.2, 0) is 0 Å². The van der Waals surface area contributed by atoms with E-state index in [-0.39, 0.29) is 11.3 Å². The molecule has 0 unspecified atom stereocenters. The topological polar surface area (TPSA) is 42.9 Å². The van der Waals surface area contributed by atoms with E-state index in [1.54, 1.807) is 24.4 Å². The molecule has 2 heterocycles. The molecule has 3 aromatic rings. The van der Waals surface area contributed by atoms with Gasteiger partial charge in [-0.1, -0.05) is 18.2 Å². The lowest BCUT2D eigenvalue weighted by Crippen LogP contribution is -2.04. The van der Waals surface area contributed by atoms with E-state index in [4.69, 9.17) is 0 Å². The van der Waals surface area contributed by atoms with Gasteiger partial charge in [-0.2, -0.15) is 0 Å². The van der Waals surface area contributed by atoms with Gasteiger partial charge in [0.05, 0.1) is 17.3 Å². The average Bonchev–Trinajstić information content (AvgIpc) is 2.46. The summed E-state index contributed by atoms with van der Waals surface area (Å²) in [5.41, 5.74) is 1.14. The van der Waals surface area contributed by atoms with Crippen molar-refractivity contribution >= 4 is 16.7 Å². The van der Waals surface area contributed by atoms with Gasteiger partial charge in [-0.25, -0.2) is 4.39 Å². The van der Waals surface area contributed by atoms with Gasteiger partial charge in [0.2, 0.25) is 0 Å². The fourth-order valence-corrected chi connectivity index (χ4v) is 1.92. The van der Waals surface area contributed by atoms with Crippen LogP contribution in [0.4, 0.5) is 4.39 Å². The van der Waals surface area contributed by atoms with Crippen molar-refractivity contribution in [3.05, 3.63) is 71.9 Å². The third-order valence-electron chi connectivity index (χ3n) is 2.89. The Morgan fingerprint density at radius 2 is 2.00 bits per heavy atom. The van der Waals surface area contributed by atoms with Crippen LogP contribution >= 0.6 is 0 Å². The number of aromatic nitrogens is 2. The van der Waals surface area contributed by atoms with E-state index in [0.29, 0.717) is 11.1 Å². The van der Waals surface area contributed by atoms with Crippen molar-refractivity contribution in [2.45, 2.75) is 0 Å². The second kappa shape index (κ2) is 4.57. The smallest absolute Gasteiger partial charge is 0.196 e. The summed E-state index contributed by atoms with van der Waals surface area (Å²) in [6.07, 6.45) is 4.09. The number of hydrogen-bond donors (Lipinski definition) is 0. The Kier molecular flexibility index (Phi) is 2.76. The maximum atomic E-state index is 13.5. The van der Waals surface area contributed by atoms with Crippen LogP contribution in [0.15, 0.2) is 55.0 Å². The second-order valence-electron chi connectivity index (χ2n) is 4.10. The van der Waals surface area contributed by atoms with Crippen molar-refractivity contribution in [2.24, 2.45) is 0 Å². The summed E-state index contributed by atoms with van der Waals surface area (Å²) >= 11 is 0. The zero-order valence-electron chi connectivity index (χ0n) is 9.88. The van der Waals surface area contributed by atoms with Gasteiger partial charge in [-0.3, -0.25) is 14.8 Å². The first-order chi connectivity index (χ1) is 9.25. The lowest BCUT2D eigenvalue weighted by molar-refractivity contribution is 0.103. The van der Waals surface area contributed by atoms with Crippen molar-refractivity contribution in [2.75, 3.05) is 0 Å². The van der Waals surface area contributed by atoms with Gasteiger partial charge in [-0.05, 0) is 18.2 Å². The van der Waals surface area contributed by atoms with Crippen molar-refractivity contribution in [1.29, 1.82) is 0 Å². The predicted molar refractivity (Wildman–Crippen MR) is 69.4 cm³/mol. The van der Waals surface area contributed by atoms with Crippen LogP contribution in [0.3, 0.4) is 0 Å². The van der Waals surface area contributed by atoms with E-state index in [0.717, 1.165) is 11.6 Å². The molecule has 0 aliphatic carbocycles. The van der Waals surface area contributed by atoms with Gasteiger partial charge < -0.3 is 0 Å². The van der Waals surface area contributed by atoms with E-state index in [9.17, 15) is 9.18 Å². The molecular weight excluding hydrogens is 243 g/mol. The Balaban J connectivity index is 2.09. The Morgan fingerprint density at radius 1 is 1.11 bits per heavy atom. The van der Waals surface area contributed by atoms with E-state index in [2.05, 4.69) is 9.97 Å². The van der Waals surface area contributed by atoms with E-state index in [1.165, 1.54) is 12.3 Å². The number of hydrogen-bond acceptors (Lipinski definition) is 3. The zero-order valence-corrected chi connectivity index (χ0v) is 9.88. The normalized spacial score (nSPS) is 10.6. The highest BCUT2D eigenvalue weighted by molar-refractivity contribution is 6.10. The van der Waals surface area contributed by atoms with Gasteiger partial charge in [0.1, 0.15) is 0 Å². The van der Waals surface area contributed by atoms with Crippen LogP contribution in [-0.4, -0.2) is 15.8 Å². The van der Waals surface area contributed by atoms with E-state index >= 15 is 0 Å². The second-order valence-corrected chi connectivity index (χ2v) is 4.10. The summed E-state index contributed by atoms with van der Waals surface area (Å²) in [5.74, 6) is -0.985. The number of halogens is 1. The van der Waals surface area contributed by atoms with Crippen LogP contribution in [0.5, 0.6) is 0 Å². The molecule has 0 spiro atoms. The van der Waals surface area contributed by atoms with E-state index in [1.807, 2.05) is 12.1 Å². The lowest BCUT2D eigenvalue weighted by atomic mass is 10.0. The predicted octanol–water partition coefficient (Wildman–Crippen LogP) is 3.00. The number of nitrogens with zero attached hydrogens (tertiary/aromatic N) is 2. The largest absolute Gasteiger partial charge is 0.288 e. The van der Waals surface area contributed by atoms with Crippen molar-refractivity contribution in [1.82, 2.24) is 9.97 Å². The van der Waals surface area contributed by atoms with Gasteiger partial charge in [-0.15, -0.1) is 0 Å². The van der Waals surface area contributed by atoms with Crippen LogP contribution in [0.25, 0.3) is 10.9 Å². The quantitative estimate of drug-likeness (QED) is 0.658. The SMILES string of the molecule is O=C(c1ccc2cccnc2c1)c1ccncc1F. The Bertz CT molecular complexity index is 771. The van der Waals surface area contributed by atoms with Gasteiger partial charge in [0.25, 0.3) is 0 Å². The number of fused-ring (bicyclic) bond motifs is 1. The molecule has 3 nitrogen and oxygen atoms in total. The minimum Gasteiger partial charge on any atom is -0.288 e. The summed E-state index contributed by atoms with van der Waals surface area (Å²) in [4.78, 5) is 20.0. The molecule has 0 amide bonds. The Labute approximate surface area is 108 Å². The van der Waals surface area contributed by atoms with Crippen LogP contribution in [0.1, 0.15) is 15.9 Å². The minimum atomic E-state index is -0.617. The monoisotopic (exact) mass is 252 g/mol. The molecule has 0 atom stereocenters. The Hall–Kier alpha value is -2.62. The lowest BCUT2D eigenvalue weighted by Gasteiger charge is -2.03. The molecule has 0 bridgehead atoms. The molecule has 0 aliphatic heterocycles. The molecule has 92 valence electrons. The van der Waals surface area contributed by atoms with Crippen molar-refractivity contribution < 1.29 is 9.18 Å². The minimum absolute atomic E-state index is 0.0188. The third-order valence-corrected chi connectivity index (χ3v) is 2.89. The van der Waals surface area contributed by atoms with Gasteiger partial charge in [0.15, 0.2) is 11.6 Å². The maximum Gasteiger partial charge on any atom is 0.196 e. The molecule has 19 heavy (non-hydrogen) atoms. The van der Waals surface area contributed by atoms with E-state index < -0.39 is 5.82 Å². The first-order valence-electron chi connectivity index (χ1n) is 5.75. The van der Waals surface area contributed by atoms with Crippen LogP contribution < -0.4 is 0 Å². The highest BCUT2D eigenvalue weighted by Crippen LogP contribution is 2.17. The van der Waals surface area contributed by atoms with Crippen molar-refractivity contribution in [3.63, 3.8) is 0 Å².